The molecule has 0 aromatic heterocycles. The minimum absolute atomic E-state index is 0. The van der Waals surface area contributed by atoms with Gasteiger partial charge in [0.05, 0.1) is 5.56 Å². The van der Waals surface area contributed by atoms with Crippen molar-refractivity contribution in [1.29, 1.82) is 0 Å². The number of amides is 1. The van der Waals surface area contributed by atoms with Crippen LogP contribution < -0.4 is 5.73 Å². The largest absolute Gasteiger partial charge is 0.338 e. The van der Waals surface area contributed by atoms with Gasteiger partial charge in [-0.3, -0.25) is 4.79 Å². The molecule has 3 nitrogen and oxygen atoms in total. The fourth-order valence-corrected chi connectivity index (χ4v) is 2.81. The fraction of sp³-hybridized carbons (Fsp3) is 0.500. The minimum atomic E-state index is -0.0187. The van der Waals surface area contributed by atoms with Crippen molar-refractivity contribution < 1.29 is 4.79 Å². The summed E-state index contributed by atoms with van der Waals surface area (Å²) in [6.07, 6.45) is 0.864. The van der Waals surface area contributed by atoms with E-state index in [9.17, 15) is 4.79 Å². The molecule has 2 N–H and O–H groups in total. The summed E-state index contributed by atoms with van der Waals surface area (Å²) in [5.41, 5.74) is 6.80. The van der Waals surface area contributed by atoms with Crippen LogP contribution in [0.3, 0.4) is 0 Å². The fourth-order valence-electron chi connectivity index (χ4n) is 2.35. The van der Waals surface area contributed by atoms with E-state index in [1.807, 2.05) is 29.2 Å². The second-order valence-electron chi connectivity index (χ2n) is 5.59. The number of carbonyl (C=O) groups is 1. The number of likely N-dealkylation sites (tertiary alicyclic amines) is 1. The lowest BCUT2D eigenvalue weighted by Crippen LogP contribution is -2.54. The van der Waals surface area contributed by atoms with Gasteiger partial charge in [-0.2, -0.15) is 0 Å². The molecule has 106 valence electrons. The molecular formula is C14H20BrClN2O. The zero-order valence-corrected chi connectivity index (χ0v) is 13.6. The lowest BCUT2D eigenvalue weighted by atomic mass is 9.79. The molecule has 1 aliphatic heterocycles. The van der Waals surface area contributed by atoms with Crippen LogP contribution in [-0.4, -0.2) is 29.9 Å². The number of nitrogens with zero attached hydrogens (tertiary/aromatic N) is 1. The minimum Gasteiger partial charge on any atom is -0.338 e. The zero-order valence-electron chi connectivity index (χ0n) is 11.2. The highest BCUT2D eigenvalue weighted by molar-refractivity contribution is 9.10. The molecule has 1 aromatic carbocycles. The molecule has 1 unspecified atom stereocenters. The molecule has 0 aliphatic carbocycles. The molecule has 1 fully saturated rings. The third-order valence-corrected chi connectivity index (χ3v) is 4.40. The van der Waals surface area contributed by atoms with Crippen molar-refractivity contribution in [2.75, 3.05) is 13.1 Å². The molecule has 0 radical (unpaired) electrons. The van der Waals surface area contributed by atoms with Gasteiger partial charge in [0.15, 0.2) is 0 Å². The standard InChI is InChI=1S/C14H19BrN2O.ClH/c1-14(2)9-17(8-7-12(14)16)13(18)10-5-3-4-6-11(10)15;/h3-6,12H,7-9,16H2,1-2H3;1H. The molecule has 0 saturated carbocycles. The van der Waals surface area contributed by atoms with Crippen LogP contribution in [0.25, 0.3) is 0 Å². The van der Waals surface area contributed by atoms with Crippen LogP contribution in [0.4, 0.5) is 0 Å². The van der Waals surface area contributed by atoms with Gasteiger partial charge in [0.2, 0.25) is 0 Å². The van der Waals surface area contributed by atoms with Crippen LogP contribution in [0.15, 0.2) is 28.7 Å². The van der Waals surface area contributed by atoms with Crippen molar-refractivity contribution in [3.8, 4) is 0 Å². The van der Waals surface area contributed by atoms with Crippen LogP contribution in [0, 0.1) is 5.41 Å². The molecule has 1 saturated heterocycles. The van der Waals surface area contributed by atoms with Crippen LogP contribution in [-0.2, 0) is 0 Å². The lowest BCUT2D eigenvalue weighted by molar-refractivity contribution is 0.0532. The van der Waals surface area contributed by atoms with Gasteiger partial charge < -0.3 is 10.6 Å². The monoisotopic (exact) mass is 346 g/mol. The summed E-state index contributed by atoms with van der Waals surface area (Å²) < 4.78 is 0.850. The van der Waals surface area contributed by atoms with E-state index in [0.29, 0.717) is 6.54 Å². The Balaban J connectivity index is 0.00000180. The van der Waals surface area contributed by atoms with Gasteiger partial charge in [-0.15, -0.1) is 12.4 Å². The van der Waals surface area contributed by atoms with Gasteiger partial charge in [0, 0.05) is 23.6 Å². The summed E-state index contributed by atoms with van der Waals surface area (Å²) in [4.78, 5) is 14.4. The van der Waals surface area contributed by atoms with Crippen molar-refractivity contribution in [1.82, 2.24) is 4.90 Å². The first-order valence-electron chi connectivity index (χ1n) is 6.21. The Morgan fingerprint density at radius 2 is 2.05 bits per heavy atom. The van der Waals surface area contributed by atoms with Gasteiger partial charge >= 0.3 is 0 Å². The van der Waals surface area contributed by atoms with Crippen molar-refractivity contribution in [2.24, 2.45) is 11.1 Å². The van der Waals surface area contributed by atoms with Gasteiger partial charge in [-0.05, 0) is 39.9 Å². The van der Waals surface area contributed by atoms with Crippen molar-refractivity contribution >= 4 is 34.2 Å². The third kappa shape index (κ3) is 3.50. The zero-order chi connectivity index (χ0) is 13.3. The Morgan fingerprint density at radius 1 is 1.42 bits per heavy atom. The van der Waals surface area contributed by atoms with E-state index in [0.717, 1.165) is 23.0 Å². The summed E-state index contributed by atoms with van der Waals surface area (Å²) in [6, 6.07) is 7.72. The van der Waals surface area contributed by atoms with Crippen LogP contribution >= 0.6 is 28.3 Å². The molecule has 5 heteroatoms. The Morgan fingerprint density at radius 3 is 2.63 bits per heavy atom. The normalized spacial score (nSPS) is 21.7. The summed E-state index contributed by atoms with van der Waals surface area (Å²) in [6.45, 7) is 5.70. The molecule has 0 bridgehead atoms. The van der Waals surface area contributed by atoms with E-state index >= 15 is 0 Å². The molecule has 1 atom stereocenters. The Bertz CT molecular complexity index is 465. The van der Waals surface area contributed by atoms with Crippen molar-refractivity contribution in [3.63, 3.8) is 0 Å². The molecule has 0 spiro atoms. The summed E-state index contributed by atoms with van der Waals surface area (Å²) in [7, 11) is 0. The summed E-state index contributed by atoms with van der Waals surface area (Å²) in [5, 5.41) is 0. The van der Waals surface area contributed by atoms with E-state index in [4.69, 9.17) is 5.73 Å². The van der Waals surface area contributed by atoms with Crippen LogP contribution in [0.2, 0.25) is 0 Å². The van der Waals surface area contributed by atoms with Gasteiger partial charge in [-0.1, -0.05) is 26.0 Å². The van der Waals surface area contributed by atoms with Crippen LogP contribution in [0.5, 0.6) is 0 Å². The highest BCUT2D eigenvalue weighted by atomic mass is 79.9. The van der Waals surface area contributed by atoms with Gasteiger partial charge in [-0.25, -0.2) is 0 Å². The maximum Gasteiger partial charge on any atom is 0.255 e. The Labute approximate surface area is 129 Å². The number of piperidine rings is 1. The predicted molar refractivity (Wildman–Crippen MR) is 83.7 cm³/mol. The first-order chi connectivity index (χ1) is 8.42. The van der Waals surface area contributed by atoms with Gasteiger partial charge in [0.1, 0.15) is 0 Å². The highest BCUT2D eigenvalue weighted by Gasteiger charge is 2.35. The molecule has 1 aliphatic rings. The number of rotatable bonds is 1. The molecule has 2 rings (SSSR count). The number of nitrogens with two attached hydrogens (primary N) is 1. The maximum absolute atomic E-state index is 12.5. The molecule has 1 aromatic rings. The van der Waals surface area contributed by atoms with E-state index in [1.54, 1.807) is 0 Å². The van der Waals surface area contributed by atoms with E-state index in [-0.39, 0.29) is 29.8 Å². The molecule has 19 heavy (non-hydrogen) atoms. The summed E-state index contributed by atoms with van der Waals surface area (Å²) in [5.74, 6) is 0.0856. The lowest BCUT2D eigenvalue weighted by Gasteiger charge is -2.42. The maximum atomic E-state index is 12.5. The number of halogens is 2. The number of hydrogen-bond acceptors (Lipinski definition) is 2. The third-order valence-electron chi connectivity index (χ3n) is 3.70. The SMILES string of the molecule is CC1(C)CN(C(=O)c2ccccc2Br)CCC1N.Cl. The smallest absolute Gasteiger partial charge is 0.255 e. The first kappa shape index (κ1) is 16.5. The van der Waals surface area contributed by atoms with Gasteiger partial charge in [0.25, 0.3) is 5.91 Å². The van der Waals surface area contributed by atoms with Crippen molar-refractivity contribution in [2.45, 2.75) is 26.3 Å². The number of carbonyl (C=O) groups excluding carboxylic acids is 1. The topological polar surface area (TPSA) is 46.3 Å². The molecule has 1 heterocycles. The number of benzene rings is 1. The first-order valence-corrected chi connectivity index (χ1v) is 7.00. The Kier molecular flexibility index (Phi) is 5.42. The molecular weight excluding hydrogens is 328 g/mol. The second kappa shape index (κ2) is 6.25. The average Bonchev–Trinajstić information content (AvgIpc) is 2.32. The van der Waals surface area contributed by atoms with E-state index < -0.39 is 0 Å². The summed E-state index contributed by atoms with van der Waals surface area (Å²) >= 11 is 3.43. The Hall–Kier alpha value is -0.580. The predicted octanol–water partition coefficient (Wildman–Crippen LogP) is 3.07. The van der Waals surface area contributed by atoms with E-state index in [1.165, 1.54) is 0 Å². The number of hydrogen-bond donors (Lipinski definition) is 1. The highest BCUT2D eigenvalue weighted by Crippen LogP contribution is 2.29. The average molecular weight is 348 g/mol. The quantitative estimate of drug-likeness (QED) is 0.848. The second-order valence-corrected chi connectivity index (χ2v) is 6.44. The molecule has 1 amide bonds. The van der Waals surface area contributed by atoms with Crippen LogP contribution in [0.1, 0.15) is 30.6 Å². The van der Waals surface area contributed by atoms with E-state index in [2.05, 4.69) is 29.8 Å². The van der Waals surface area contributed by atoms with Crippen molar-refractivity contribution in [3.05, 3.63) is 34.3 Å².